The lowest BCUT2D eigenvalue weighted by Gasteiger charge is -2.04. The lowest BCUT2D eigenvalue weighted by atomic mass is 10.1. The van der Waals surface area contributed by atoms with Crippen LogP contribution in [0.25, 0.3) is 0 Å². The Morgan fingerprint density at radius 1 is 1.77 bits per heavy atom. The summed E-state index contributed by atoms with van der Waals surface area (Å²) < 4.78 is 1.76. The molecule has 1 aromatic rings. The van der Waals surface area contributed by atoms with E-state index < -0.39 is 5.91 Å². The van der Waals surface area contributed by atoms with Crippen LogP contribution >= 0.6 is 0 Å². The number of nitrogens with two attached hydrogens (primary N) is 2. The van der Waals surface area contributed by atoms with Crippen molar-refractivity contribution < 1.29 is 4.79 Å². The third-order valence-corrected chi connectivity index (χ3v) is 1.83. The molecule has 0 aliphatic heterocycles. The molecule has 1 rings (SSSR count). The molecule has 1 aromatic heterocycles. The van der Waals surface area contributed by atoms with Gasteiger partial charge in [-0.15, -0.1) is 0 Å². The number of aromatic nitrogens is 2. The van der Waals surface area contributed by atoms with Crippen molar-refractivity contribution in [1.29, 1.82) is 0 Å². The largest absolute Gasteiger partial charge is 0.370 e. The van der Waals surface area contributed by atoms with E-state index in [1.54, 1.807) is 10.9 Å². The summed E-state index contributed by atoms with van der Waals surface area (Å²) in [5, 5.41) is 4.05. The lowest BCUT2D eigenvalue weighted by Crippen LogP contribution is -2.20. The van der Waals surface area contributed by atoms with Gasteiger partial charge in [0, 0.05) is 30.8 Å². The first-order valence-electron chi connectivity index (χ1n) is 4.19. The predicted octanol–water partition coefficient (Wildman–Crippen LogP) is -0.222. The van der Waals surface area contributed by atoms with Crippen molar-refractivity contribution in [3.05, 3.63) is 18.0 Å². The van der Waals surface area contributed by atoms with Gasteiger partial charge in [0.2, 0.25) is 5.91 Å². The second-order valence-electron chi connectivity index (χ2n) is 2.91. The second-order valence-corrected chi connectivity index (χ2v) is 2.91. The van der Waals surface area contributed by atoms with Crippen molar-refractivity contribution >= 4 is 5.91 Å². The van der Waals surface area contributed by atoms with Gasteiger partial charge in [-0.3, -0.25) is 9.48 Å². The first kappa shape index (κ1) is 9.73. The van der Waals surface area contributed by atoms with Gasteiger partial charge in [0.05, 0.1) is 6.20 Å². The maximum Gasteiger partial charge on any atom is 0.219 e. The highest BCUT2D eigenvalue weighted by atomic mass is 16.1. The topological polar surface area (TPSA) is 86.9 Å². The van der Waals surface area contributed by atoms with Crippen LogP contribution in [-0.2, 0) is 11.3 Å². The van der Waals surface area contributed by atoms with Gasteiger partial charge in [-0.2, -0.15) is 5.10 Å². The fourth-order valence-electron chi connectivity index (χ4n) is 1.08. The molecule has 0 bridgehead atoms. The van der Waals surface area contributed by atoms with Crippen molar-refractivity contribution in [1.82, 2.24) is 9.78 Å². The number of rotatable bonds is 4. The Labute approximate surface area is 76.7 Å². The molecule has 0 aromatic carbocycles. The highest BCUT2D eigenvalue weighted by Crippen LogP contribution is 2.11. The number of amides is 1. The second kappa shape index (κ2) is 4.04. The Morgan fingerprint density at radius 3 is 2.92 bits per heavy atom. The summed E-state index contributed by atoms with van der Waals surface area (Å²) in [6.07, 6.45) is 3.65. The Hall–Kier alpha value is -1.36. The summed E-state index contributed by atoms with van der Waals surface area (Å²) in [4.78, 5) is 10.6. The van der Waals surface area contributed by atoms with E-state index in [0.29, 0.717) is 0 Å². The summed E-state index contributed by atoms with van der Waals surface area (Å²) in [5.74, 6) is -0.392. The van der Waals surface area contributed by atoms with Gasteiger partial charge in [-0.1, -0.05) is 0 Å². The van der Waals surface area contributed by atoms with E-state index in [9.17, 15) is 4.79 Å². The summed E-state index contributed by atoms with van der Waals surface area (Å²) in [5.41, 5.74) is 11.6. The standard InChI is InChI=1S/C8H14N4O/c1-2-12-5-6(4-11-12)7(9)3-8(10)13/h4-5,7H,2-3,9H2,1H3,(H2,10,13). The molecular weight excluding hydrogens is 168 g/mol. The average Bonchev–Trinajstić information content (AvgIpc) is 2.50. The van der Waals surface area contributed by atoms with Crippen LogP contribution in [-0.4, -0.2) is 15.7 Å². The van der Waals surface area contributed by atoms with Gasteiger partial charge in [0.15, 0.2) is 0 Å². The molecule has 0 spiro atoms. The molecule has 5 nitrogen and oxygen atoms in total. The van der Waals surface area contributed by atoms with Crippen LogP contribution in [0.15, 0.2) is 12.4 Å². The third-order valence-electron chi connectivity index (χ3n) is 1.83. The highest BCUT2D eigenvalue weighted by molar-refractivity contribution is 5.74. The van der Waals surface area contributed by atoms with Gasteiger partial charge < -0.3 is 11.5 Å². The Bertz CT molecular complexity index is 294. The minimum atomic E-state index is -0.392. The van der Waals surface area contributed by atoms with E-state index in [1.165, 1.54) is 0 Å². The van der Waals surface area contributed by atoms with Crippen LogP contribution in [0.4, 0.5) is 0 Å². The maximum absolute atomic E-state index is 10.6. The molecule has 0 aliphatic rings. The Morgan fingerprint density at radius 2 is 2.46 bits per heavy atom. The first-order valence-corrected chi connectivity index (χ1v) is 4.19. The summed E-state index contributed by atoms with van der Waals surface area (Å²) in [6.45, 7) is 2.78. The van der Waals surface area contributed by atoms with E-state index in [2.05, 4.69) is 5.10 Å². The molecule has 0 radical (unpaired) electrons. The molecule has 5 heteroatoms. The summed E-state index contributed by atoms with van der Waals surface area (Å²) in [6, 6.07) is -0.335. The van der Waals surface area contributed by atoms with Gasteiger partial charge in [-0.05, 0) is 6.92 Å². The number of hydrogen-bond acceptors (Lipinski definition) is 3. The van der Waals surface area contributed by atoms with Crippen LogP contribution in [0, 0.1) is 0 Å². The van der Waals surface area contributed by atoms with Crippen LogP contribution in [0.2, 0.25) is 0 Å². The van der Waals surface area contributed by atoms with Gasteiger partial charge >= 0.3 is 0 Å². The smallest absolute Gasteiger partial charge is 0.219 e. The van der Waals surface area contributed by atoms with Crippen LogP contribution in [0.1, 0.15) is 24.9 Å². The number of carbonyl (C=O) groups excluding carboxylic acids is 1. The minimum Gasteiger partial charge on any atom is -0.370 e. The molecule has 1 heterocycles. The van der Waals surface area contributed by atoms with Crippen molar-refractivity contribution in [2.24, 2.45) is 11.5 Å². The number of nitrogens with zero attached hydrogens (tertiary/aromatic N) is 2. The quantitative estimate of drug-likeness (QED) is 0.674. The molecule has 4 N–H and O–H groups in total. The van der Waals surface area contributed by atoms with Gasteiger partial charge in [0.1, 0.15) is 0 Å². The molecule has 0 aliphatic carbocycles. The van der Waals surface area contributed by atoms with Crippen molar-refractivity contribution in [2.75, 3.05) is 0 Å². The minimum absolute atomic E-state index is 0.162. The van der Waals surface area contributed by atoms with Gasteiger partial charge in [-0.25, -0.2) is 0 Å². The third kappa shape index (κ3) is 2.55. The zero-order chi connectivity index (χ0) is 9.84. The monoisotopic (exact) mass is 182 g/mol. The van der Waals surface area contributed by atoms with Crippen molar-refractivity contribution in [3.63, 3.8) is 0 Å². The van der Waals surface area contributed by atoms with Crippen molar-refractivity contribution in [2.45, 2.75) is 25.9 Å². The molecule has 0 saturated carbocycles. The molecule has 1 amide bonds. The zero-order valence-electron chi connectivity index (χ0n) is 7.60. The fraction of sp³-hybridized carbons (Fsp3) is 0.500. The Kier molecular flexibility index (Phi) is 3.02. The number of hydrogen-bond donors (Lipinski definition) is 2. The van der Waals surface area contributed by atoms with E-state index in [4.69, 9.17) is 11.5 Å². The number of primary amides is 1. The van der Waals surface area contributed by atoms with E-state index in [1.807, 2.05) is 13.1 Å². The molecule has 0 saturated heterocycles. The van der Waals surface area contributed by atoms with Crippen LogP contribution < -0.4 is 11.5 Å². The van der Waals surface area contributed by atoms with E-state index in [0.717, 1.165) is 12.1 Å². The van der Waals surface area contributed by atoms with E-state index in [-0.39, 0.29) is 12.5 Å². The molecule has 72 valence electrons. The van der Waals surface area contributed by atoms with Crippen molar-refractivity contribution in [3.8, 4) is 0 Å². The normalized spacial score (nSPS) is 12.8. The van der Waals surface area contributed by atoms with Crippen LogP contribution in [0.5, 0.6) is 0 Å². The first-order chi connectivity index (χ1) is 6.13. The molecule has 0 fully saturated rings. The van der Waals surface area contributed by atoms with Gasteiger partial charge in [0.25, 0.3) is 0 Å². The van der Waals surface area contributed by atoms with Crippen LogP contribution in [0.3, 0.4) is 0 Å². The summed E-state index contributed by atoms with van der Waals surface area (Å²) >= 11 is 0. The molecular formula is C8H14N4O. The van der Waals surface area contributed by atoms with E-state index >= 15 is 0 Å². The maximum atomic E-state index is 10.6. The lowest BCUT2D eigenvalue weighted by molar-refractivity contribution is -0.118. The number of aryl methyl sites for hydroxylation is 1. The fourth-order valence-corrected chi connectivity index (χ4v) is 1.08. The Balaban J connectivity index is 2.65. The molecule has 13 heavy (non-hydrogen) atoms. The molecule has 1 unspecified atom stereocenters. The highest BCUT2D eigenvalue weighted by Gasteiger charge is 2.10. The number of carbonyl (C=O) groups is 1. The summed E-state index contributed by atoms with van der Waals surface area (Å²) in [7, 11) is 0. The zero-order valence-corrected chi connectivity index (χ0v) is 7.60. The predicted molar refractivity (Wildman–Crippen MR) is 48.6 cm³/mol. The average molecular weight is 182 g/mol. The molecule has 1 atom stereocenters. The SMILES string of the molecule is CCn1cc(C(N)CC(N)=O)cn1.